The highest BCUT2D eigenvalue weighted by Crippen LogP contribution is 2.05. The Morgan fingerprint density at radius 1 is 1.40 bits per heavy atom. The van der Waals surface area contributed by atoms with Crippen molar-refractivity contribution < 1.29 is 19.0 Å². The smallest absolute Gasteiger partial charge is 0.246 e. The Balaban J connectivity index is 2.01. The molecule has 5 nitrogen and oxygen atoms in total. The maximum Gasteiger partial charge on any atom is 0.246 e. The summed E-state index contributed by atoms with van der Waals surface area (Å²) in [6, 6.07) is 0.247. The predicted molar refractivity (Wildman–Crippen MR) is 54.7 cm³/mol. The molecule has 88 valence electrons. The number of hydrogen-bond acceptors (Lipinski definition) is 4. The van der Waals surface area contributed by atoms with Crippen LogP contribution in [0, 0.1) is 0 Å². The lowest BCUT2D eigenvalue weighted by atomic mass is 10.1. The van der Waals surface area contributed by atoms with Gasteiger partial charge in [0.05, 0.1) is 13.2 Å². The number of methoxy groups -OCH3 is 1. The van der Waals surface area contributed by atoms with Gasteiger partial charge in [0, 0.05) is 26.4 Å². The Kier molecular flexibility index (Phi) is 6.31. The molecule has 1 aliphatic heterocycles. The quantitative estimate of drug-likeness (QED) is 0.633. The average Bonchev–Trinajstić information content (AvgIpc) is 2.26. The van der Waals surface area contributed by atoms with E-state index in [4.69, 9.17) is 14.2 Å². The highest BCUT2D eigenvalue weighted by atomic mass is 16.5. The summed E-state index contributed by atoms with van der Waals surface area (Å²) in [5, 5.41) is 2.91. The van der Waals surface area contributed by atoms with Crippen molar-refractivity contribution in [2.75, 3.05) is 40.1 Å². The van der Waals surface area contributed by atoms with Crippen LogP contribution in [-0.2, 0) is 19.0 Å². The summed E-state index contributed by atoms with van der Waals surface area (Å²) in [5.41, 5.74) is 0. The standard InChI is InChI=1S/C10H19NO4/c1-13-6-7-15-8-10(12)11-9-2-4-14-5-3-9/h9H,2-8H2,1H3,(H,11,12). The highest BCUT2D eigenvalue weighted by molar-refractivity contribution is 5.77. The van der Waals surface area contributed by atoms with Crippen LogP contribution in [0.15, 0.2) is 0 Å². The number of carbonyl (C=O) groups is 1. The van der Waals surface area contributed by atoms with Gasteiger partial charge in [0.25, 0.3) is 0 Å². The first-order valence-corrected chi connectivity index (χ1v) is 5.26. The molecule has 0 aromatic carbocycles. The normalized spacial score (nSPS) is 17.7. The van der Waals surface area contributed by atoms with Gasteiger partial charge in [-0.3, -0.25) is 4.79 Å². The lowest BCUT2D eigenvalue weighted by molar-refractivity contribution is -0.127. The number of nitrogens with one attached hydrogen (secondary N) is 1. The van der Waals surface area contributed by atoms with Crippen LogP contribution in [0.1, 0.15) is 12.8 Å². The van der Waals surface area contributed by atoms with E-state index in [1.807, 2.05) is 0 Å². The second-order valence-corrected chi connectivity index (χ2v) is 3.50. The molecular formula is C10H19NO4. The molecule has 15 heavy (non-hydrogen) atoms. The van der Waals surface area contributed by atoms with Gasteiger partial charge in [0.15, 0.2) is 0 Å². The van der Waals surface area contributed by atoms with Gasteiger partial charge in [-0.2, -0.15) is 0 Å². The molecule has 5 heteroatoms. The maximum absolute atomic E-state index is 11.4. The van der Waals surface area contributed by atoms with Gasteiger partial charge in [-0.25, -0.2) is 0 Å². The molecule has 1 heterocycles. The molecule has 0 aromatic heterocycles. The van der Waals surface area contributed by atoms with Crippen LogP contribution in [-0.4, -0.2) is 52.1 Å². The van der Waals surface area contributed by atoms with E-state index in [9.17, 15) is 4.79 Å². The van der Waals surface area contributed by atoms with Gasteiger partial charge in [-0.1, -0.05) is 0 Å². The van der Waals surface area contributed by atoms with E-state index in [-0.39, 0.29) is 18.6 Å². The predicted octanol–water partition coefficient (Wildman–Crippen LogP) is -0.0554. The molecule has 0 unspecified atom stereocenters. The summed E-state index contributed by atoms with van der Waals surface area (Å²) in [5.74, 6) is -0.0574. The van der Waals surface area contributed by atoms with Crippen LogP contribution in [0.2, 0.25) is 0 Å². The van der Waals surface area contributed by atoms with Crippen molar-refractivity contribution >= 4 is 5.91 Å². The van der Waals surface area contributed by atoms with Crippen molar-refractivity contribution in [3.05, 3.63) is 0 Å². The SMILES string of the molecule is COCCOCC(=O)NC1CCOCC1. The van der Waals surface area contributed by atoms with Gasteiger partial charge in [0.2, 0.25) is 5.91 Å². The van der Waals surface area contributed by atoms with E-state index in [1.54, 1.807) is 7.11 Å². The third-order valence-electron chi connectivity index (χ3n) is 2.25. The minimum atomic E-state index is -0.0574. The molecule has 0 saturated carbocycles. The summed E-state index contributed by atoms with van der Waals surface area (Å²) in [7, 11) is 1.60. The van der Waals surface area contributed by atoms with E-state index in [2.05, 4.69) is 5.32 Å². The Bertz CT molecular complexity index is 180. The number of rotatable bonds is 6. The Labute approximate surface area is 90.1 Å². The average molecular weight is 217 g/mol. The molecule has 0 spiro atoms. The largest absolute Gasteiger partial charge is 0.382 e. The van der Waals surface area contributed by atoms with Crippen molar-refractivity contribution in [1.29, 1.82) is 0 Å². The van der Waals surface area contributed by atoms with Gasteiger partial charge in [0.1, 0.15) is 6.61 Å². The molecule has 0 radical (unpaired) electrons. The Morgan fingerprint density at radius 2 is 2.13 bits per heavy atom. The number of ether oxygens (including phenoxy) is 3. The molecule has 1 rings (SSSR count). The van der Waals surface area contributed by atoms with Crippen LogP contribution in [0.5, 0.6) is 0 Å². The fourth-order valence-corrected chi connectivity index (χ4v) is 1.42. The second-order valence-electron chi connectivity index (χ2n) is 3.50. The second kappa shape index (κ2) is 7.62. The van der Waals surface area contributed by atoms with E-state index >= 15 is 0 Å². The number of amides is 1. The van der Waals surface area contributed by atoms with Crippen LogP contribution < -0.4 is 5.32 Å². The molecule has 1 saturated heterocycles. The highest BCUT2D eigenvalue weighted by Gasteiger charge is 2.15. The molecule has 0 aliphatic carbocycles. The molecule has 0 atom stereocenters. The summed E-state index contributed by atoms with van der Waals surface area (Å²) in [4.78, 5) is 11.4. The van der Waals surface area contributed by atoms with Crippen molar-refractivity contribution in [3.63, 3.8) is 0 Å². The summed E-state index contributed by atoms with van der Waals surface area (Å²) in [6.45, 7) is 2.55. The van der Waals surface area contributed by atoms with Crippen LogP contribution >= 0.6 is 0 Å². The molecule has 1 fully saturated rings. The van der Waals surface area contributed by atoms with Gasteiger partial charge >= 0.3 is 0 Å². The first-order chi connectivity index (χ1) is 7.33. The third kappa shape index (κ3) is 5.71. The van der Waals surface area contributed by atoms with Crippen LogP contribution in [0.3, 0.4) is 0 Å². The van der Waals surface area contributed by atoms with Gasteiger partial charge in [-0.05, 0) is 12.8 Å². The van der Waals surface area contributed by atoms with Crippen LogP contribution in [0.4, 0.5) is 0 Å². The van der Waals surface area contributed by atoms with E-state index in [1.165, 1.54) is 0 Å². The van der Waals surface area contributed by atoms with Gasteiger partial charge < -0.3 is 19.5 Å². The fraction of sp³-hybridized carbons (Fsp3) is 0.900. The number of carbonyl (C=O) groups excluding carboxylic acids is 1. The maximum atomic E-state index is 11.4. The molecule has 1 amide bonds. The van der Waals surface area contributed by atoms with Crippen molar-refractivity contribution in [1.82, 2.24) is 5.32 Å². The van der Waals surface area contributed by atoms with Crippen molar-refractivity contribution in [2.45, 2.75) is 18.9 Å². The Morgan fingerprint density at radius 3 is 2.80 bits per heavy atom. The van der Waals surface area contributed by atoms with Crippen molar-refractivity contribution in [2.24, 2.45) is 0 Å². The lowest BCUT2D eigenvalue weighted by Crippen LogP contribution is -2.40. The number of hydrogen-bond donors (Lipinski definition) is 1. The zero-order valence-corrected chi connectivity index (χ0v) is 9.16. The minimum Gasteiger partial charge on any atom is -0.382 e. The molecule has 0 aromatic rings. The lowest BCUT2D eigenvalue weighted by Gasteiger charge is -2.22. The zero-order valence-electron chi connectivity index (χ0n) is 9.16. The summed E-state index contributed by atoms with van der Waals surface area (Å²) in [6.07, 6.45) is 1.79. The Hall–Kier alpha value is -0.650. The topological polar surface area (TPSA) is 56.8 Å². The molecule has 1 N–H and O–H groups in total. The zero-order chi connectivity index (χ0) is 10.9. The molecule has 1 aliphatic rings. The molecular weight excluding hydrogens is 198 g/mol. The van der Waals surface area contributed by atoms with Crippen molar-refractivity contribution in [3.8, 4) is 0 Å². The van der Waals surface area contributed by atoms with E-state index < -0.39 is 0 Å². The first-order valence-electron chi connectivity index (χ1n) is 5.26. The summed E-state index contributed by atoms with van der Waals surface area (Å²) >= 11 is 0. The van der Waals surface area contributed by atoms with Crippen LogP contribution in [0.25, 0.3) is 0 Å². The van der Waals surface area contributed by atoms with E-state index in [0.29, 0.717) is 13.2 Å². The monoisotopic (exact) mass is 217 g/mol. The van der Waals surface area contributed by atoms with E-state index in [0.717, 1.165) is 26.1 Å². The minimum absolute atomic E-state index is 0.0574. The fourth-order valence-electron chi connectivity index (χ4n) is 1.42. The summed E-state index contributed by atoms with van der Waals surface area (Å²) < 4.78 is 15.1. The third-order valence-corrected chi connectivity index (χ3v) is 2.25. The van der Waals surface area contributed by atoms with Gasteiger partial charge in [-0.15, -0.1) is 0 Å². The molecule has 0 bridgehead atoms. The first kappa shape index (κ1) is 12.4.